The van der Waals surface area contributed by atoms with Gasteiger partial charge in [-0.05, 0) is 32.4 Å². The molecule has 0 radical (unpaired) electrons. The van der Waals surface area contributed by atoms with Crippen molar-refractivity contribution < 1.29 is 4.79 Å². The number of likely N-dealkylation sites (N-methyl/N-ethyl adjacent to an activating group) is 1. The first-order chi connectivity index (χ1) is 13.4. The Labute approximate surface area is 170 Å². The van der Waals surface area contributed by atoms with Gasteiger partial charge in [0, 0.05) is 51.2 Å². The number of piperidine rings is 1. The van der Waals surface area contributed by atoms with Crippen molar-refractivity contribution in [1.82, 2.24) is 20.4 Å². The fourth-order valence-electron chi connectivity index (χ4n) is 3.42. The molecule has 0 spiro atoms. The lowest BCUT2D eigenvalue weighted by Gasteiger charge is -2.34. The molecule has 1 aromatic carbocycles. The highest BCUT2D eigenvalue weighted by atomic mass is 16.2. The SMILES string of the molecule is CN=C(NCC(C)N(C)Cc1ccccc1)NC1CCN(C(=O)C(C)C)CC1. The van der Waals surface area contributed by atoms with Gasteiger partial charge in [-0.15, -0.1) is 0 Å². The molecule has 1 heterocycles. The number of benzene rings is 1. The average Bonchev–Trinajstić information content (AvgIpc) is 2.71. The van der Waals surface area contributed by atoms with Crippen LogP contribution in [0.2, 0.25) is 0 Å². The maximum absolute atomic E-state index is 12.1. The minimum absolute atomic E-state index is 0.0771. The summed E-state index contributed by atoms with van der Waals surface area (Å²) in [4.78, 5) is 20.8. The number of nitrogens with zero attached hydrogens (tertiary/aromatic N) is 3. The molecule has 2 N–H and O–H groups in total. The lowest BCUT2D eigenvalue weighted by molar-refractivity contribution is -0.135. The van der Waals surface area contributed by atoms with Gasteiger partial charge in [0.1, 0.15) is 0 Å². The van der Waals surface area contributed by atoms with Gasteiger partial charge in [-0.1, -0.05) is 44.2 Å². The third kappa shape index (κ3) is 6.82. The summed E-state index contributed by atoms with van der Waals surface area (Å²) >= 11 is 0. The van der Waals surface area contributed by atoms with Gasteiger partial charge in [0.15, 0.2) is 5.96 Å². The van der Waals surface area contributed by atoms with Crippen LogP contribution in [0.15, 0.2) is 35.3 Å². The molecule has 1 aliphatic heterocycles. The Morgan fingerprint density at radius 1 is 1.21 bits per heavy atom. The Balaban J connectivity index is 1.73. The number of carbonyl (C=O) groups excluding carboxylic acids is 1. The number of hydrogen-bond acceptors (Lipinski definition) is 3. The Morgan fingerprint density at radius 2 is 1.86 bits per heavy atom. The van der Waals surface area contributed by atoms with E-state index in [1.54, 1.807) is 0 Å². The maximum atomic E-state index is 12.1. The van der Waals surface area contributed by atoms with Crippen LogP contribution in [0.1, 0.15) is 39.2 Å². The first-order valence-electron chi connectivity index (χ1n) is 10.4. The van der Waals surface area contributed by atoms with E-state index in [1.165, 1.54) is 5.56 Å². The van der Waals surface area contributed by atoms with Crippen molar-refractivity contribution in [2.75, 3.05) is 33.7 Å². The van der Waals surface area contributed by atoms with E-state index in [-0.39, 0.29) is 11.8 Å². The highest BCUT2D eigenvalue weighted by Gasteiger charge is 2.24. The fourth-order valence-corrected chi connectivity index (χ4v) is 3.42. The van der Waals surface area contributed by atoms with Crippen molar-refractivity contribution in [1.29, 1.82) is 0 Å². The van der Waals surface area contributed by atoms with E-state index in [0.29, 0.717) is 12.1 Å². The smallest absolute Gasteiger partial charge is 0.225 e. The van der Waals surface area contributed by atoms with E-state index in [2.05, 4.69) is 58.8 Å². The van der Waals surface area contributed by atoms with Crippen LogP contribution in [0.5, 0.6) is 0 Å². The van der Waals surface area contributed by atoms with Crippen LogP contribution in [0.3, 0.4) is 0 Å². The van der Waals surface area contributed by atoms with Gasteiger partial charge < -0.3 is 15.5 Å². The zero-order valence-corrected chi connectivity index (χ0v) is 18.1. The Hall–Kier alpha value is -2.08. The minimum Gasteiger partial charge on any atom is -0.355 e. The summed E-state index contributed by atoms with van der Waals surface area (Å²) in [7, 11) is 3.96. The third-order valence-corrected chi connectivity index (χ3v) is 5.46. The summed E-state index contributed by atoms with van der Waals surface area (Å²) in [5.74, 6) is 1.18. The number of carbonyl (C=O) groups is 1. The van der Waals surface area contributed by atoms with Crippen LogP contribution in [0, 0.1) is 5.92 Å². The Morgan fingerprint density at radius 3 is 2.43 bits per heavy atom. The molecule has 6 nitrogen and oxygen atoms in total. The molecule has 0 saturated carbocycles. The second-order valence-corrected chi connectivity index (χ2v) is 8.10. The first kappa shape index (κ1) is 22.2. The largest absolute Gasteiger partial charge is 0.355 e. The summed E-state index contributed by atoms with van der Waals surface area (Å²) < 4.78 is 0. The van der Waals surface area contributed by atoms with Crippen LogP contribution >= 0.6 is 0 Å². The van der Waals surface area contributed by atoms with Gasteiger partial charge >= 0.3 is 0 Å². The lowest BCUT2D eigenvalue weighted by Crippen LogP contribution is -2.51. The normalized spacial score (nSPS) is 17.1. The van der Waals surface area contributed by atoms with Crippen molar-refractivity contribution in [2.24, 2.45) is 10.9 Å². The number of amides is 1. The molecule has 1 saturated heterocycles. The molecule has 1 aromatic rings. The van der Waals surface area contributed by atoms with Gasteiger partial charge in [0.05, 0.1) is 0 Å². The number of hydrogen-bond donors (Lipinski definition) is 2. The van der Waals surface area contributed by atoms with Crippen molar-refractivity contribution in [3.05, 3.63) is 35.9 Å². The van der Waals surface area contributed by atoms with Crippen LogP contribution < -0.4 is 10.6 Å². The van der Waals surface area contributed by atoms with Crippen molar-refractivity contribution in [3.63, 3.8) is 0 Å². The molecule has 1 fully saturated rings. The minimum atomic E-state index is 0.0771. The summed E-state index contributed by atoms with van der Waals surface area (Å²) in [6.07, 6.45) is 1.92. The highest BCUT2D eigenvalue weighted by Crippen LogP contribution is 2.13. The van der Waals surface area contributed by atoms with E-state index in [1.807, 2.05) is 31.9 Å². The van der Waals surface area contributed by atoms with E-state index < -0.39 is 0 Å². The second-order valence-electron chi connectivity index (χ2n) is 8.10. The van der Waals surface area contributed by atoms with E-state index in [9.17, 15) is 4.79 Å². The molecule has 1 atom stereocenters. The Bertz CT molecular complexity index is 623. The number of aliphatic imine (C=N–C) groups is 1. The van der Waals surface area contributed by atoms with Gasteiger partial charge in [-0.25, -0.2) is 0 Å². The fraction of sp³-hybridized carbons (Fsp3) is 0.636. The Kier molecular flexibility index (Phi) is 8.77. The molecule has 156 valence electrons. The lowest BCUT2D eigenvalue weighted by atomic mass is 10.0. The van der Waals surface area contributed by atoms with Crippen LogP contribution in [-0.4, -0.2) is 67.5 Å². The molecule has 6 heteroatoms. The molecule has 1 amide bonds. The summed E-state index contributed by atoms with van der Waals surface area (Å²) in [6, 6.07) is 11.3. The van der Waals surface area contributed by atoms with Gasteiger partial charge in [0.25, 0.3) is 0 Å². The maximum Gasteiger partial charge on any atom is 0.225 e. The monoisotopic (exact) mass is 387 g/mol. The molecular formula is C22H37N5O. The number of likely N-dealkylation sites (tertiary alicyclic amines) is 1. The van der Waals surface area contributed by atoms with Gasteiger partial charge in [0.2, 0.25) is 5.91 Å². The number of nitrogens with one attached hydrogen (secondary N) is 2. The molecule has 1 aliphatic rings. The third-order valence-electron chi connectivity index (χ3n) is 5.46. The van der Waals surface area contributed by atoms with Crippen LogP contribution in [0.25, 0.3) is 0 Å². The predicted octanol–water partition coefficient (Wildman–Crippen LogP) is 2.32. The standard InChI is InChI=1S/C22H37N5O/c1-17(2)21(28)27-13-11-20(12-14-27)25-22(23-4)24-15-18(3)26(5)16-19-9-7-6-8-10-19/h6-10,17-18,20H,11-16H2,1-5H3,(H2,23,24,25). The molecular weight excluding hydrogens is 350 g/mol. The van der Waals surface area contributed by atoms with Crippen molar-refractivity contribution >= 4 is 11.9 Å². The summed E-state index contributed by atoms with van der Waals surface area (Å²) in [6.45, 7) is 9.55. The average molecular weight is 388 g/mol. The van der Waals surface area contributed by atoms with Crippen molar-refractivity contribution in [2.45, 2.75) is 52.2 Å². The van der Waals surface area contributed by atoms with E-state index in [0.717, 1.165) is 45.0 Å². The van der Waals surface area contributed by atoms with Gasteiger partial charge in [-0.2, -0.15) is 0 Å². The molecule has 0 aliphatic carbocycles. The van der Waals surface area contributed by atoms with Crippen molar-refractivity contribution in [3.8, 4) is 0 Å². The predicted molar refractivity (Wildman–Crippen MR) is 116 cm³/mol. The molecule has 0 aromatic heterocycles. The summed E-state index contributed by atoms with van der Waals surface area (Å²) in [5, 5.41) is 6.97. The molecule has 2 rings (SSSR count). The van der Waals surface area contributed by atoms with E-state index >= 15 is 0 Å². The molecule has 0 bridgehead atoms. The van der Waals surface area contributed by atoms with Gasteiger partial charge in [-0.3, -0.25) is 14.7 Å². The second kappa shape index (κ2) is 11.1. The first-order valence-corrected chi connectivity index (χ1v) is 10.4. The summed E-state index contributed by atoms with van der Waals surface area (Å²) in [5.41, 5.74) is 1.32. The van der Waals surface area contributed by atoms with E-state index in [4.69, 9.17) is 0 Å². The van der Waals surface area contributed by atoms with Crippen LogP contribution in [-0.2, 0) is 11.3 Å². The topological polar surface area (TPSA) is 60.0 Å². The number of rotatable bonds is 7. The highest BCUT2D eigenvalue weighted by molar-refractivity contribution is 5.80. The molecule has 1 unspecified atom stereocenters. The zero-order chi connectivity index (χ0) is 20.5. The van der Waals surface area contributed by atoms with Crippen LogP contribution in [0.4, 0.5) is 0 Å². The quantitative estimate of drug-likeness (QED) is 0.557. The molecule has 28 heavy (non-hydrogen) atoms. The zero-order valence-electron chi connectivity index (χ0n) is 18.1. The number of guanidine groups is 1.